The standard InChI is InChI=1S/C26H34N4O3/c31-23-10-4-7-21-11-12-24(28-26(21)27-23)32-18-2-1-13-29-14-16-30(17-15-29)22-9-3-6-20-8-5-19-33-25(20)22/h3,6,9,11-12H,1-2,4-5,7-8,10,13-19H2,(H,27,28,31). The average molecular weight is 451 g/mol. The van der Waals surface area contributed by atoms with E-state index in [-0.39, 0.29) is 5.91 Å². The molecule has 33 heavy (non-hydrogen) atoms. The maximum absolute atomic E-state index is 11.8. The predicted molar refractivity (Wildman–Crippen MR) is 129 cm³/mol. The van der Waals surface area contributed by atoms with E-state index in [1.807, 2.05) is 12.1 Å². The van der Waals surface area contributed by atoms with Crippen LogP contribution >= 0.6 is 0 Å². The number of anilines is 2. The van der Waals surface area contributed by atoms with Crippen molar-refractivity contribution in [1.82, 2.24) is 9.88 Å². The number of unbranched alkanes of at least 4 members (excludes halogenated alkanes) is 1. The van der Waals surface area contributed by atoms with Gasteiger partial charge in [-0.25, -0.2) is 0 Å². The molecule has 0 atom stereocenters. The number of piperazine rings is 1. The first-order chi connectivity index (χ1) is 16.3. The Bertz CT molecular complexity index is 972. The molecule has 0 aliphatic carbocycles. The van der Waals surface area contributed by atoms with Gasteiger partial charge in [0.15, 0.2) is 0 Å². The maximum Gasteiger partial charge on any atom is 0.225 e. The highest BCUT2D eigenvalue weighted by molar-refractivity contribution is 5.91. The van der Waals surface area contributed by atoms with E-state index in [0.29, 0.717) is 24.7 Å². The number of amides is 1. The number of nitrogens with zero attached hydrogens (tertiary/aromatic N) is 3. The number of rotatable bonds is 7. The quantitative estimate of drug-likeness (QED) is 0.650. The summed E-state index contributed by atoms with van der Waals surface area (Å²) >= 11 is 0. The fraction of sp³-hybridized carbons (Fsp3) is 0.538. The lowest BCUT2D eigenvalue weighted by atomic mass is 10.0. The van der Waals surface area contributed by atoms with E-state index in [9.17, 15) is 4.79 Å². The molecular formula is C26H34N4O3. The molecule has 5 rings (SSSR count). The molecule has 1 amide bonds. The summed E-state index contributed by atoms with van der Waals surface area (Å²) in [5.74, 6) is 2.41. The molecule has 0 spiro atoms. The molecule has 0 radical (unpaired) electrons. The topological polar surface area (TPSA) is 66.9 Å². The monoisotopic (exact) mass is 450 g/mol. The van der Waals surface area contributed by atoms with E-state index in [0.717, 1.165) is 89.2 Å². The summed E-state index contributed by atoms with van der Waals surface area (Å²) in [5.41, 5.74) is 3.71. The van der Waals surface area contributed by atoms with E-state index in [4.69, 9.17) is 9.47 Å². The van der Waals surface area contributed by atoms with Crippen molar-refractivity contribution >= 4 is 17.4 Å². The number of fused-ring (bicyclic) bond motifs is 2. The molecule has 0 saturated carbocycles. The molecule has 1 aromatic heterocycles. The van der Waals surface area contributed by atoms with Crippen LogP contribution in [0.15, 0.2) is 30.3 Å². The zero-order valence-corrected chi connectivity index (χ0v) is 19.4. The molecule has 1 saturated heterocycles. The normalized spacial score (nSPS) is 18.5. The highest BCUT2D eigenvalue weighted by atomic mass is 16.5. The second-order valence-electron chi connectivity index (χ2n) is 9.16. The largest absolute Gasteiger partial charge is 0.491 e. The van der Waals surface area contributed by atoms with Crippen LogP contribution in [0.5, 0.6) is 11.6 Å². The molecule has 1 aromatic carbocycles. The minimum atomic E-state index is 0.0400. The molecule has 1 N–H and O–H groups in total. The Morgan fingerprint density at radius 1 is 0.970 bits per heavy atom. The van der Waals surface area contributed by atoms with Crippen LogP contribution < -0.4 is 19.7 Å². The van der Waals surface area contributed by atoms with Crippen LogP contribution in [0.25, 0.3) is 0 Å². The summed E-state index contributed by atoms with van der Waals surface area (Å²) in [4.78, 5) is 21.3. The molecule has 0 bridgehead atoms. The number of hydrogen-bond donors (Lipinski definition) is 1. The first-order valence-electron chi connectivity index (χ1n) is 12.4. The van der Waals surface area contributed by atoms with Gasteiger partial charge in [0.1, 0.15) is 11.6 Å². The lowest BCUT2D eigenvalue weighted by Crippen LogP contribution is -2.46. The van der Waals surface area contributed by atoms with Crippen LogP contribution in [0.1, 0.15) is 43.2 Å². The first-order valence-corrected chi connectivity index (χ1v) is 12.4. The number of pyridine rings is 1. The number of benzene rings is 1. The summed E-state index contributed by atoms with van der Waals surface area (Å²) in [5, 5.41) is 2.89. The number of ether oxygens (including phenoxy) is 2. The molecule has 176 valence electrons. The van der Waals surface area contributed by atoms with Gasteiger partial charge in [-0.1, -0.05) is 12.1 Å². The van der Waals surface area contributed by atoms with Crippen LogP contribution in [-0.4, -0.2) is 61.7 Å². The van der Waals surface area contributed by atoms with Crippen LogP contribution in [0.2, 0.25) is 0 Å². The molecular weight excluding hydrogens is 416 g/mol. The average Bonchev–Trinajstić information content (AvgIpc) is 3.04. The van der Waals surface area contributed by atoms with Crippen molar-refractivity contribution in [3.05, 3.63) is 41.5 Å². The van der Waals surface area contributed by atoms with E-state index < -0.39 is 0 Å². The van der Waals surface area contributed by atoms with Crippen LogP contribution in [0.3, 0.4) is 0 Å². The minimum absolute atomic E-state index is 0.0400. The van der Waals surface area contributed by atoms with Crippen molar-refractivity contribution < 1.29 is 14.3 Å². The minimum Gasteiger partial charge on any atom is -0.491 e. The van der Waals surface area contributed by atoms with Crippen LogP contribution in [-0.2, 0) is 17.6 Å². The number of aromatic nitrogens is 1. The van der Waals surface area contributed by atoms with E-state index in [1.54, 1.807) is 0 Å². The smallest absolute Gasteiger partial charge is 0.225 e. The summed E-state index contributed by atoms with van der Waals surface area (Å²) < 4.78 is 11.9. The second kappa shape index (κ2) is 10.4. The lowest BCUT2D eigenvalue weighted by Gasteiger charge is -2.37. The van der Waals surface area contributed by atoms with Gasteiger partial charge in [0.25, 0.3) is 0 Å². The molecule has 4 heterocycles. The molecule has 7 nitrogen and oxygen atoms in total. The van der Waals surface area contributed by atoms with Gasteiger partial charge in [-0.15, -0.1) is 0 Å². The number of hydrogen-bond acceptors (Lipinski definition) is 6. The van der Waals surface area contributed by atoms with Crippen molar-refractivity contribution in [1.29, 1.82) is 0 Å². The Hall–Kier alpha value is -2.80. The van der Waals surface area contributed by atoms with Gasteiger partial charge in [0.05, 0.1) is 18.9 Å². The van der Waals surface area contributed by atoms with Crippen LogP contribution in [0.4, 0.5) is 11.5 Å². The van der Waals surface area contributed by atoms with Gasteiger partial charge in [-0.3, -0.25) is 9.69 Å². The Morgan fingerprint density at radius 2 is 1.85 bits per heavy atom. The van der Waals surface area contributed by atoms with E-state index in [2.05, 4.69) is 38.3 Å². The highest BCUT2D eigenvalue weighted by Crippen LogP contribution is 2.36. The summed E-state index contributed by atoms with van der Waals surface area (Å²) in [6.07, 6.45) is 6.65. The molecule has 1 fully saturated rings. The summed E-state index contributed by atoms with van der Waals surface area (Å²) in [6, 6.07) is 10.5. The van der Waals surface area contributed by atoms with Crippen molar-refractivity contribution in [2.75, 3.05) is 56.2 Å². The molecule has 7 heteroatoms. The molecule has 3 aliphatic heterocycles. The number of nitrogens with one attached hydrogen (secondary N) is 1. The Labute approximate surface area is 196 Å². The van der Waals surface area contributed by atoms with Crippen molar-refractivity contribution in [2.24, 2.45) is 0 Å². The third-order valence-corrected chi connectivity index (χ3v) is 6.81. The van der Waals surface area contributed by atoms with Crippen molar-refractivity contribution in [3.63, 3.8) is 0 Å². The summed E-state index contributed by atoms with van der Waals surface area (Å²) in [7, 11) is 0. The van der Waals surface area contributed by atoms with Gasteiger partial charge in [0, 0.05) is 38.7 Å². The SMILES string of the molecule is O=C1CCCc2ccc(OCCCCN3CCN(c4cccc5c4OCCC5)CC3)nc2N1. The Morgan fingerprint density at radius 3 is 2.76 bits per heavy atom. The van der Waals surface area contributed by atoms with Crippen LogP contribution in [0, 0.1) is 0 Å². The molecule has 2 aromatic rings. The fourth-order valence-corrected chi connectivity index (χ4v) is 4.94. The van der Waals surface area contributed by atoms with Gasteiger partial charge >= 0.3 is 0 Å². The third kappa shape index (κ3) is 5.41. The number of aryl methyl sites for hydroxylation is 2. The number of para-hydroxylation sites is 1. The van der Waals surface area contributed by atoms with Gasteiger partial charge < -0.3 is 19.7 Å². The van der Waals surface area contributed by atoms with Crippen molar-refractivity contribution in [2.45, 2.75) is 44.9 Å². The second-order valence-corrected chi connectivity index (χ2v) is 9.16. The summed E-state index contributed by atoms with van der Waals surface area (Å²) in [6.45, 7) is 6.82. The Balaban J connectivity index is 1.03. The maximum atomic E-state index is 11.8. The predicted octanol–water partition coefficient (Wildman–Crippen LogP) is 3.66. The molecule has 0 unspecified atom stereocenters. The zero-order valence-electron chi connectivity index (χ0n) is 19.4. The fourth-order valence-electron chi connectivity index (χ4n) is 4.94. The highest BCUT2D eigenvalue weighted by Gasteiger charge is 2.22. The lowest BCUT2D eigenvalue weighted by molar-refractivity contribution is -0.116. The Kier molecular flexibility index (Phi) is 6.95. The van der Waals surface area contributed by atoms with Gasteiger partial charge in [0.2, 0.25) is 11.8 Å². The van der Waals surface area contributed by atoms with E-state index in [1.165, 1.54) is 11.3 Å². The first kappa shape index (κ1) is 22.0. The number of carbonyl (C=O) groups excluding carboxylic acids is 1. The van der Waals surface area contributed by atoms with Crippen molar-refractivity contribution in [3.8, 4) is 11.6 Å². The third-order valence-electron chi connectivity index (χ3n) is 6.81. The zero-order chi connectivity index (χ0) is 22.5. The van der Waals surface area contributed by atoms with E-state index >= 15 is 0 Å². The number of carbonyl (C=O) groups is 1. The van der Waals surface area contributed by atoms with Gasteiger partial charge in [-0.05, 0) is 68.3 Å². The molecule has 3 aliphatic rings. The van der Waals surface area contributed by atoms with Gasteiger partial charge in [-0.2, -0.15) is 4.98 Å².